The molecule has 0 saturated carbocycles. The number of esters is 1. The number of carbonyl (C=O) groups is 2. The van der Waals surface area contributed by atoms with Crippen LogP contribution in [0.1, 0.15) is 22.8 Å². The molecule has 0 aromatic heterocycles. The zero-order valence-corrected chi connectivity index (χ0v) is 14.4. The van der Waals surface area contributed by atoms with Crippen molar-refractivity contribution in [2.24, 2.45) is 0 Å². The molecule has 126 valence electrons. The van der Waals surface area contributed by atoms with E-state index in [2.05, 4.69) is 10.1 Å². The minimum Gasteiger partial charge on any atom is -0.481 e. The third kappa shape index (κ3) is 4.49. The van der Waals surface area contributed by atoms with Crippen molar-refractivity contribution >= 4 is 29.2 Å². The first-order chi connectivity index (χ1) is 11.4. The van der Waals surface area contributed by atoms with E-state index in [1.54, 1.807) is 49.4 Å². The molecular formula is C18H18ClNO4. The van der Waals surface area contributed by atoms with Crippen molar-refractivity contribution < 1.29 is 19.1 Å². The van der Waals surface area contributed by atoms with E-state index in [9.17, 15) is 9.59 Å². The van der Waals surface area contributed by atoms with Crippen molar-refractivity contribution in [1.82, 2.24) is 0 Å². The lowest BCUT2D eigenvalue weighted by Gasteiger charge is -2.16. The summed E-state index contributed by atoms with van der Waals surface area (Å²) >= 11 is 5.90. The minimum absolute atomic E-state index is 0.296. The van der Waals surface area contributed by atoms with Gasteiger partial charge in [-0.3, -0.25) is 4.79 Å². The molecule has 0 spiro atoms. The Morgan fingerprint density at radius 3 is 2.38 bits per heavy atom. The van der Waals surface area contributed by atoms with Gasteiger partial charge in [0.25, 0.3) is 5.91 Å². The number of rotatable bonds is 5. The van der Waals surface area contributed by atoms with E-state index in [-0.39, 0.29) is 5.91 Å². The van der Waals surface area contributed by atoms with Crippen LogP contribution in [0.4, 0.5) is 5.69 Å². The van der Waals surface area contributed by atoms with Gasteiger partial charge in [0.05, 0.1) is 12.7 Å². The molecule has 0 unspecified atom stereocenters. The molecule has 0 fully saturated rings. The first-order valence-electron chi connectivity index (χ1n) is 7.32. The van der Waals surface area contributed by atoms with Gasteiger partial charge < -0.3 is 14.8 Å². The van der Waals surface area contributed by atoms with Crippen LogP contribution in [0.5, 0.6) is 5.75 Å². The van der Waals surface area contributed by atoms with E-state index >= 15 is 0 Å². The predicted octanol–water partition coefficient (Wildman–Crippen LogP) is 3.84. The van der Waals surface area contributed by atoms with E-state index < -0.39 is 12.1 Å². The third-order valence-electron chi connectivity index (χ3n) is 3.38. The van der Waals surface area contributed by atoms with Crippen molar-refractivity contribution in [2.75, 3.05) is 12.4 Å². The van der Waals surface area contributed by atoms with Crippen LogP contribution in [0.3, 0.4) is 0 Å². The summed E-state index contributed by atoms with van der Waals surface area (Å²) in [6.45, 7) is 3.52. The maximum Gasteiger partial charge on any atom is 0.337 e. The number of amides is 1. The summed E-state index contributed by atoms with van der Waals surface area (Å²) in [5, 5.41) is 3.35. The average molecular weight is 348 g/mol. The van der Waals surface area contributed by atoms with Crippen molar-refractivity contribution in [3.8, 4) is 5.75 Å². The topological polar surface area (TPSA) is 64.6 Å². The lowest BCUT2D eigenvalue weighted by atomic mass is 10.2. The second kappa shape index (κ2) is 7.84. The SMILES string of the molecule is COC(=O)c1ccc(NC(=O)[C@@H](C)Oc2ccc(Cl)cc2C)cc1. The van der Waals surface area contributed by atoms with Gasteiger partial charge in [0.2, 0.25) is 0 Å². The average Bonchev–Trinajstić information content (AvgIpc) is 2.57. The fraction of sp³-hybridized carbons (Fsp3) is 0.222. The molecule has 2 rings (SSSR count). The van der Waals surface area contributed by atoms with Crippen molar-refractivity contribution in [1.29, 1.82) is 0 Å². The number of nitrogens with one attached hydrogen (secondary N) is 1. The molecule has 0 bridgehead atoms. The van der Waals surface area contributed by atoms with Gasteiger partial charge in [-0.2, -0.15) is 0 Å². The Morgan fingerprint density at radius 2 is 1.79 bits per heavy atom. The van der Waals surface area contributed by atoms with E-state index in [0.717, 1.165) is 5.56 Å². The van der Waals surface area contributed by atoms with E-state index in [4.69, 9.17) is 16.3 Å². The first-order valence-corrected chi connectivity index (χ1v) is 7.70. The highest BCUT2D eigenvalue weighted by molar-refractivity contribution is 6.30. The normalized spacial score (nSPS) is 11.5. The van der Waals surface area contributed by atoms with Gasteiger partial charge in [-0.05, 0) is 61.9 Å². The van der Waals surface area contributed by atoms with Crippen LogP contribution < -0.4 is 10.1 Å². The number of hydrogen-bond donors (Lipinski definition) is 1. The molecule has 0 heterocycles. The van der Waals surface area contributed by atoms with Gasteiger partial charge in [-0.25, -0.2) is 4.79 Å². The Hall–Kier alpha value is -2.53. The summed E-state index contributed by atoms with van der Waals surface area (Å²) in [4.78, 5) is 23.6. The molecular weight excluding hydrogens is 330 g/mol. The van der Waals surface area contributed by atoms with Crippen LogP contribution in [-0.2, 0) is 9.53 Å². The summed E-state index contributed by atoms with van der Waals surface area (Å²) in [6, 6.07) is 11.6. The molecule has 5 nitrogen and oxygen atoms in total. The quantitative estimate of drug-likeness (QED) is 0.834. The molecule has 1 amide bonds. The van der Waals surface area contributed by atoms with Crippen molar-refractivity contribution in [3.63, 3.8) is 0 Å². The van der Waals surface area contributed by atoms with Crippen molar-refractivity contribution in [2.45, 2.75) is 20.0 Å². The molecule has 6 heteroatoms. The Balaban J connectivity index is 1.99. The van der Waals surface area contributed by atoms with Gasteiger partial charge in [0.15, 0.2) is 6.10 Å². The minimum atomic E-state index is -0.690. The molecule has 0 saturated heterocycles. The molecule has 1 atom stereocenters. The Bertz CT molecular complexity index is 743. The number of aryl methyl sites for hydroxylation is 1. The number of hydrogen-bond acceptors (Lipinski definition) is 4. The molecule has 0 aliphatic carbocycles. The Kier molecular flexibility index (Phi) is 5.82. The van der Waals surface area contributed by atoms with E-state index in [1.807, 2.05) is 6.92 Å². The lowest BCUT2D eigenvalue weighted by molar-refractivity contribution is -0.122. The molecule has 24 heavy (non-hydrogen) atoms. The largest absolute Gasteiger partial charge is 0.481 e. The molecule has 0 aliphatic heterocycles. The van der Waals surface area contributed by atoms with Gasteiger partial charge in [0, 0.05) is 10.7 Å². The lowest BCUT2D eigenvalue weighted by Crippen LogP contribution is -2.30. The number of halogens is 1. The molecule has 0 aliphatic rings. The van der Waals surface area contributed by atoms with Crippen LogP contribution in [-0.4, -0.2) is 25.1 Å². The van der Waals surface area contributed by atoms with Crippen LogP contribution in [0.15, 0.2) is 42.5 Å². The number of methoxy groups -OCH3 is 1. The third-order valence-corrected chi connectivity index (χ3v) is 3.62. The summed E-state index contributed by atoms with van der Waals surface area (Å²) < 4.78 is 10.3. The highest BCUT2D eigenvalue weighted by atomic mass is 35.5. The standard InChI is InChI=1S/C18H18ClNO4/c1-11-10-14(19)6-9-16(11)24-12(2)17(21)20-15-7-4-13(5-8-15)18(22)23-3/h4-10,12H,1-3H3,(H,20,21)/t12-/m1/s1. The van der Waals surface area contributed by atoms with Crippen LogP contribution in [0.2, 0.25) is 5.02 Å². The van der Waals surface area contributed by atoms with Crippen molar-refractivity contribution in [3.05, 3.63) is 58.6 Å². The Morgan fingerprint density at radius 1 is 1.12 bits per heavy atom. The highest BCUT2D eigenvalue weighted by Crippen LogP contribution is 2.23. The first kappa shape index (κ1) is 17.8. The summed E-state index contributed by atoms with van der Waals surface area (Å²) in [6.07, 6.45) is -0.690. The van der Waals surface area contributed by atoms with Crippen LogP contribution >= 0.6 is 11.6 Å². The molecule has 1 N–H and O–H groups in total. The van der Waals surface area contributed by atoms with E-state index in [1.165, 1.54) is 7.11 Å². The highest BCUT2D eigenvalue weighted by Gasteiger charge is 2.16. The number of anilines is 1. The monoisotopic (exact) mass is 347 g/mol. The van der Waals surface area contributed by atoms with Crippen LogP contribution in [0, 0.1) is 6.92 Å². The van der Waals surface area contributed by atoms with Gasteiger partial charge in [-0.15, -0.1) is 0 Å². The Labute approximate surface area is 145 Å². The summed E-state index contributed by atoms with van der Waals surface area (Å²) in [7, 11) is 1.32. The number of ether oxygens (including phenoxy) is 2. The van der Waals surface area contributed by atoms with Gasteiger partial charge in [-0.1, -0.05) is 11.6 Å². The molecule has 0 radical (unpaired) electrons. The zero-order valence-electron chi connectivity index (χ0n) is 13.6. The van der Waals surface area contributed by atoms with Gasteiger partial charge >= 0.3 is 5.97 Å². The smallest absolute Gasteiger partial charge is 0.337 e. The summed E-state index contributed by atoms with van der Waals surface area (Å²) in [5.41, 5.74) is 1.83. The zero-order chi connectivity index (χ0) is 17.7. The predicted molar refractivity (Wildman–Crippen MR) is 92.7 cm³/mol. The second-order valence-electron chi connectivity index (χ2n) is 5.23. The van der Waals surface area contributed by atoms with Gasteiger partial charge in [0.1, 0.15) is 5.75 Å². The fourth-order valence-electron chi connectivity index (χ4n) is 2.04. The molecule has 2 aromatic rings. The maximum absolute atomic E-state index is 12.2. The van der Waals surface area contributed by atoms with Crippen LogP contribution in [0.25, 0.3) is 0 Å². The maximum atomic E-state index is 12.2. The summed E-state index contributed by atoms with van der Waals surface area (Å²) in [5.74, 6) is -0.124. The van der Waals surface area contributed by atoms with E-state index in [0.29, 0.717) is 22.0 Å². The molecule has 2 aromatic carbocycles. The fourth-order valence-corrected chi connectivity index (χ4v) is 2.27. The number of carbonyl (C=O) groups excluding carboxylic acids is 2. The number of benzene rings is 2. The second-order valence-corrected chi connectivity index (χ2v) is 5.66.